The number of aromatic amines is 1. The number of hydrogen-bond acceptors (Lipinski definition) is 5. The molecule has 2 N–H and O–H groups in total. The number of aromatic nitrogens is 2. The van der Waals surface area contributed by atoms with Crippen molar-refractivity contribution in [2.75, 3.05) is 0 Å². The van der Waals surface area contributed by atoms with Crippen molar-refractivity contribution in [2.24, 2.45) is 0 Å². The van der Waals surface area contributed by atoms with Crippen LogP contribution in [-0.4, -0.2) is 15.9 Å². The molecule has 0 fully saturated rings. The van der Waals surface area contributed by atoms with Gasteiger partial charge in [0.1, 0.15) is 10.9 Å². The molecule has 3 aromatic rings. The molecule has 1 aromatic heterocycles. The van der Waals surface area contributed by atoms with Crippen molar-refractivity contribution >= 4 is 29.1 Å². The Balaban J connectivity index is 1.84. The lowest BCUT2D eigenvalue weighted by atomic mass is 10.1. The molecule has 0 spiro atoms. The Morgan fingerprint density at radius 2 is 1.90 bits per heavy atom. The van der Waals surface area contributed by atoms with Crippen molar-refractivity contribution in [3.63, 3.8) is 0 Å². The number of H-pyrrole nitrogens is 1. The summed E-state index contributed by atoms with van der Waals surface area (Å²) in [4.78, 5) is 18.4. The minimum absolute atomic E-state index is 0.0186. The van der Waals surface area contributed by atoms with Crippen LogP contribution in [0.4, 0.5) is 4.39 Å². The predicted molar refractivity (Wildman–Crippen MR) is 102 cm³/mol. The predicted octanol–water partition coefficient (Wildman–Crippen LogP) is 4.32. The lowest BCUT2D eigenvalue weighted by molar-refractivity contribution is 0.0946. The van der Waals surface area contributed by atoms with E-state index in [1.807, 2.05) is 12.1 Å². The van der Waals surface area contributed by atoms with Gasteiger partial charge in [-0.2, -0.15) is 10.5 Å². The smallest absolute Gasteiger partial charge is 0.273 e. The van der Waals surface area contributed by atoms with Crippen molar-refractivity contribution < 1.29 is 13.9 Å². The molecule has 0 aliphatic heterocycles. The summed E-state index contributed by atoms with van der Waals surface area (Å²) < 4.78 is 20.4. The number of carbonyl (C=O) groups is 1. The fraction of sp³-hybridized carbons (Fsp3) is 0.0526. The normalized spacial score (nSPS) is 10.1. The maximum Gasteiger partial charge on any atom is 0.273 e. The number of nitrogens with zero attached hydrogens (tertiary/aromatic N) is 3. The minimum Gasteiger partial charge on any atom is -0.453 e. The highest BCUT2D eigenvalue weighted by Gasteiger charge is 2.18. The maximum absolute atomic E-state index is 14.9. The van der Waals surface area contributed by atoms with Gasteiger partial charge in [-0.3, -0.25) is 4.79 Å². The molecule has 10 heteroatoms. The van der Waals surface area contributed by atoms with Crippen molar-refractivity contribution in [3.8, 4) is 23.6 Å². The molecule has 1 heterocycles. The zero-order valence-electron chi connectivity index (χ0n) is 14.5. The summed E-state index contributed by atoms with van der Waals surface area (Å²) in [6.45, 7) is -0.178. The van der Waals surface area contributed by atoms with Crippen LogP contribution in [0.2, 0.25) is 10.2 Å². The van der Waals surface area contributed by atoms with E-state index >= 15 is 0 Å². The molecule has 0 saturated heterocycles. The van der Waals surface area contributed by atoms with Crippen LogP contribution in [0.5, 0.6) is 11.5 Å². The van der Waals surface area contributed by atoms with Gasteiger partial charge in [-0.25, -0.2) is 9.37 Å². The van der Waals surface area contributed by atoms with Crippen LogP contribution in [0.1, 0.15) is 27.2 Å². The monoisotopic (exact) mass is 429 g/mol. The minimum atomic E-state index is -0.799. The van der Waals surface area contributed by atoms with E-state index in [9.17, 15) is 9.18 Å². The Morgan fingerprint density at radius 3 is 2.48 bits per heavy atom. The van der Waals surface area contributed by atoms with Gasteiger partial charge in [0.2, 0.25) is 0 Å². The van der Waals surface area contributed by atoms with E-state index in [2.05, 4.69) is 15.3 Å². The molecule has 0 aliphatic carbocycles. The molecular weight excluding hydrogens is 420 g/mol. The molecule has 0 atom stereocenters. The lowest BCUT2D eigenvalue weighted by Crippen LogP contribution is -2.24. The number of nitriles is 2. The number of carbonyl (C=O) groups excluding carboxylic acids is 1. The molecule has 7 nitrogen and oxygen atoms in total. The highest BCUT2D eigenvalue weighted by Crippen LogP contribution is 2.34. The first-order valence-corrected chi connectivity index (χ1v) is 8.75. The Kier molecular flexibility index (Phi) is 5.99. The van der Waals surface area contributed by atoms with E-state index in [1.165, 1.54) is 36.7 Å². The van der Waals surface area contributed by atoms with Gasteiger partial charge >= 0.3 is 0 Å². The van der Waals surface area contributed by atoms with Crippen LogP contribution < -0.4 is 10.1 Å². The van der Waals surface area contributed by atoms with Crippen LogP contribution >= 0.6 is 23.2 Å². The SMILES string of the molecule is N#Cc1cc(C#N)cc(Oc2c(Cl)ccc(CNC(=O)c3nc[nH]c3Cl)c2F)c1. The molecule has 3 rings (SSSR count). The summed E-state index contributed by atoms with van der Waals surface area (Å²) in [5.41, 5.74) is 0.431. The van der Waals surface area contributed by atoms with E-state index in [0.29, 0.717) is 0 Å². The van der Waals surface area contributed by atoms with Crippen molar-refractivity contribution in [1.29, 1.82) is 10.5 Å². The molecule has 0 saturated carbocycles. The molecule has 2 aromatic carbocycles. The lowest BCUT2D eigenvalue weighted by Gasteiger charge is -2.13. The fourth-order valence-electron chi connectivity index (χ4n) is 2.40. The number of halogens is 3. The molecule has 0 radical (unpaired) electrons. The molecular formula is C19H10Cl2FN5O2. The van der Waals surface area contributed by atoms with Gasteiger partial charge in [0.05, 0.1) is 34.6 Å². The summed E-state index contributed by atoms with van der Waals surface area (Å²) in [5, 5.41) is 20.6. The molecule has 1 amide bonds. The van der Waals surface area contributed by atoms with Crippen LogP contribution in [0.25, 0.3) is 0 Å². The van der Waals surface area contributed by atoms with Crippen LogP contribution in [0, 0.1) is 28.5 Å². The van der Waals surface area contributed by atoms with E-state index in [-0.39, 0.29) is 50.6 Å². The van der Waals surface area contributed by atoms with Gasteiger partial charge in [-0.1, -0.05) is 29.3 Å². The zero-order chi connectivity index (χ0) is 21.0. The Bertz CT molecular complexity index is 1150. The fourth-order valence-corrected chi connectivity index (χ4v) is 2.77. The van der Waals surface area contributed by atoms with Gasteiger partial charge in [0, 0.05) is 12.1 Å². The number of nitrogens with one attached hydrogen (secondary N) is 2. The average molecular weight is 430 g/mol. The van der Waals surface area contributed by atoms with E-state index in [4.69, 9.17) is 38.5 Å². The van der Waals surface area contributed by atoms with Crippen molar-refractivity contribution in [1.82, 2.24) is 15.3 Å². The van der Waals surface area contributed by atoms with E-state index in [1.54, 1.807) is 0 Å². The van der Waals surface area contributed by atoms with Gasteiger partial charge < -0.3 is 15.0 Å². The van der Waals surface area contributed by atoms with Crippen LogP contribution in [-0.2, 0) is 6.54 Å². The van der Waals surface area contributed by atoms with E-state index in [0.717, 1.165) is 0 Å². The largest absolute Gasteiger partial charge is 0.453 e. The first-order chi connectivity index (χ1) is 13.9. The van der Waals surface area contributed by atoms with Crippen molar-refractivity contribution in [3.05, 3.63) is 75.0 Å². The second-order valence-corrected chi connectivity index (χ2v) is 6.45. The third-order valence-electron chi connectivity index (χ3n) is 3.76. The number of hydrogen-bond donors (Lipinski definition) is 2. The Labute approximate surface area is 174 Å². The van der Waals surface area contributed by atoms with Crippen LogP contribution in [0.3, 0.4) is 0 Å². The third-order valence-corrected chi connectivity index (χ3v) is 4.35. The molecule has 0 bridgehead atoms. The van der Waals surface area contributed by atoms with Gasteiger partial charge in [0.15, 0.2) is 17.3 Å². The highest BCUT2D eigenvalue weighted by atomic mass is 35.5. The molecule has 0 unspecified atom stereocenters. The second-order valence-electron chi connectivity index (χ2n) is 5.67. The van der Waals surface area contributed by atoms with Gasteiger partial charge in [-0.15, -0.1) is 0 Å². The summed E-state index contributed by atoms with van der Waals surface area (Å²) in [7, 11) is 0. The third kappa shape index (κ3) is 4.46. The highest BCUT2D eigenvalue weighted by molar-refractivity contribution is 6.32. The Hall–Kier alpha value is -3.59. The van der Waals surface area contributed by atoms with Gasteiger partial charge in [-0.05, 0) is 24.3 Å². The number of ether oxygens (including phenoxy) is 1. The second kappa shape index (κ2) is 8.61. The first-order valence-electron chi connectivity index (χ1n) is 8.00. The first kappa shape index (κ1) is 20.2. The zero-order valence-corrected chi connectivity index (χ0v) is 16.0. The number of rotatable bonds is 5. The van der Waals surface area contributed by atoms with Gasteiger partial charge in [0.25, 0.3) is 5.91 Å². The standard InChI is InChI=1S/C19H10Cl2FN5O2/c20-14-2-1-12(8-25-19(28)16-18(21)27-9-26-16)15(22)17(14)29-13-4-10(6-23)3-11(5-13)7-24/h1-5,9H,8H2,(H,25,28)(H,26,27). The quantitative estimate of drug-likeness (QED) is 0.626. The van der Waals surface area contributed by atoms with Crippen molar-refractivity contribution in [2.45, 2.75) is 6.54 Å². The average Bonchev–Trinajstić information content (AvgIpc) is 3.16. The summed E-state index contributed by atoms with van der Waals surface area (Å²) in [6.07, 6.45) is 1.26. The summed E-state index contributed by atoms with van der Waals surface area (Å²) >= 11 is 11.8. The topological polar surface area (TPSA) is 115 Å². The molecule has 0 aliphatic rings. The van der Waals surface area contributed by atoms with Crippen LogP contribution in [0.15, 0.2) is 36.7 Å². The number of amides is 1. The summed E-state index contributed by atoms with van der Waals surface area (Å²) in [5.74, 6) is -1.61. The Morgan fingerprint density at radius 1 is 1.21 bits per heavy atom. The number of imidazole rings is 1. The summed E-state index contributed by atoms with van der Waals surface area (Å²) in [6, 6.07) is 10.7. The van der Waals surface area contributed by atoms with E-state index < -0.39 is 11.7 Å². The molecule has 144 valence electrons. The molecule has 29 heavy (non-hydrogen) atoms. The maximum atomic E-state index is 14.9. The number of benzene rings is 2.